The molecular weight excluding hydrogens is 254 g/mol. The molecular formula is C16H13NO3. The molecule has 0 bridgehead atoms. The number of carboxylic acid groups (broad SMARTS) is 1. The molecule has 0 spiro atoms. The maximum atomic E-state index is 11.1. The second-order valence-electron chi connectivity index (χ2n) is 4.39. The third kappa shape index (κ3) is 3.15. The van der Waals surface area contributed by atoms with Crippen molar-refractivity contribution in [3.8, 4) is 17.6 Å². The van der Waals surface area contributed by atoms with Gasteiger partial charge in [0.1, 0.15) is 17.1 Å². The van der Waals surface area contributed by atoms with E-state index in [1.807, 2.05) is 6.92 Å². The van der Waals surface area contributed by atoms with Gasteiger partial charge in [-0.25, -0.2) is 4.79 Å². The minimum absolute atomic E-state index is 0.122. The smallest absolute Gasteiger partial charge is 0.339 e. The second-order valence-corrected chi connectivity index (χ2v) is 4.39. The van der Waals surface area contributed by atoms with Crippen LogP contribution in [0.2, 0.25) is 0 Å². The molecule has 2 rings (SSSR count). The highest BCUT2D eigenvalue weighted by Gasteiger charge is 2.12. The third-order valence-corrected chi connectivity index (χ3v) is 2.80. The minimum atomic E-state index is -1.03. The standard InChI is InChI=1S/C16H13NO3/c1-11-2-7-14(16(18)19)15(10-11)20-13-5-3-12(4-6-13)8-9-17/h2-7,10H,8H2,1H3,(H,18,19). The zero-order chi connectivity index (χ0) is 14.5. The molecule has 4 heteroatoms. The van der Waals surface area contributed by atoms with Gasteiger partial charge in [-0.05, 0) is 42.3 Å². The number of benzene rings is 2. The second kappa shape index (κ2) is 5.89. The molecule has 20 heavy (non-hydrogen) atoms. The molecule has 0 unspecified atom stereocenters. The maximum Gasteiger partial charge on any atom is 0.339 e. The summed E-state index contributed by atoms with van der Waals surface area (Å²) in [6.07, 6.45) is 0.338. The molecule has 0 aromatic heterocycles. The molecule has 2 aromatic carbocycles. The predicted octanol–water partition coefficient (Wildman–Crippen LogP) is 3.55. The normalized spacial score (nSPS) is 9.80. The van der Waals surface area contributed by atoms with E-state index in [9.17, 15) is 4.79 Å². The van der Waals surface area contributed by atoms with Crippen LogP contribution in [0.4, 0.5) is 0 Å². The van der Waals surface area contributed by atoms with Crippen LogP contribution >= 0.6 is 0 Å². The molecule has 0 aliphatic rings. The van der Waals surface area contributed by atoms with Crippen LogP contribution in [0.25, 0.3) is 0 Å². The average molecular weight is 267 g/mol. The number of carbonyl (C=O) groups is 1. The van der Waals surface area contributed by atoms with Crippen molar-refractivity contribution in [3.63, 3.8) is 0 Å². The average Bonchev–Trinajstić information content (AvgIpc) is 2.41. The van der Waals surface area contributed by atoms with Crippen LogP contribution in [-0.4, -0.2) is 11.1 Å². The number of hydrogen-bond donors (Lipinski definition) is 1. The highest BCUT2D eigenvalue weighted by atomic mass is 16.5. The number of aromatic carboxylic acids is 1. The van der Waals surface area contributed by atoms with E-state index in [2.05, 4.69) is 6.07 Å². The summed E-state index contributed by atoms with van der Waals surface area (Å²) in [5, 5.41) is 17.7. The van der Waals surface area contributed by atoms with Crippen molar-refractivity contribution in [2.75, 3.05) is 0 Å². The summed E-state index contributed by atoms with van der Waals surface area (Å²) in [6, 6.07) is 14.0. The highest BCUT2D eigenvalue weighted by molar-refractivity contribution is 5.91. The number of ether oxygens (including phenoxy) is 1. The van der Waals surface area contributed by atoms with Crippen molar-refractivity contribution in [1.29, 1.82) is 5.26 Å². The molecule has 0 heterocycles. The van der Waals surface area contributed by atoms with E-state index in [1.54, 1.807) is 36.4 Å². The van der Waals surface area contributed by atoms with Gasteiger partial charge in [-0.1, -0.05) is 18.2 Å². The largest absolute Gasteiger partial charge is 0.478 e. The Kier molecular flexibility index (Phi) is 4.02. The van der Waals surface area contributed by atoms with Gasteiger partial charge in [0.2, 0.25) is 0 Å². The van der Waals surface area contributed by atoms with Crippen LogP contribution in [0.1, 0.15) is 21.5 Å². The molecule has 100 valence electrons. The molecule has 0 atom stereocenters. The fourth-order valence-corrected chi connectivity index (χ4v) is 1.78. The van der Waals surface area contributed by atoms with Crippen molar-refractivity contribution in [2.24, 2.45) is 0 Å². The molecule has 1 N–H and O–H groups in total. The number of rotatable bonds is 4. The van der Waals surface area contributed by atoms with E-state index in [0.717, 1.165) is 11.1 Å². The van der Waals surface area contributed by atoms with Crippen LogP contribution in [0.5, 0.6) is 11.5 Å². The lowest BCUT2D eigenvalue weighted by Gasteiger charge is -2.10. The first-order valence-electron chi connectivity index (χ1n) is 6.08. The van der Waals surface area contributed by atoms with Crippen LogP contribution in [0.3, 0.4) is 0 Å². The summed E-state index contributed by atoms with van der Waals surface area (Å²) in [5.74, 6) is -0.175. The Morgan fingerprint density at radius 2 is 1.95 bits per heavy atom. The predicted molar refractivity (Wildman–Crippen MR) is 74.0 cm³/mol. The Hall–Kier alpha value is -2.80. The van der Waals surface area contributed by atoms with E-state index < -0.39 is 5.97 Å². The van der Waals surface area contributed by atoms with Crippen LogP contribution in [0, 0.1) is 18.3 Å². The summed E-state index contributed by atoms with van der Waals surface area (Å²) < 4.78 is 5.62. The number of nitriles is 1. The Morgan fingerprint density at radius 1 is 1.25 bits per heavy atom. The summed E-state index contributed by atoms with van der Waals surface area (Å²) in [4.78, 5) is 11.1. The van der Waals surface area contributed by atoms with Gasteiger partial charge in [0.05, 0.1) is 12.5 Å². The summed E-state index contributed by atoms with van der Waals surface area (Å²) in [7, 11) is 0. The van der Waals surface area contributed by atoms with Crippen LogP contribution in [-0.2, 0) is 6.42 Å². The van der Waals surface area contributed by atoms with E-state index in [1.165, 1.54) is 6.07 Å². The van der Waals surface area contributed by atoms with Gasteiger partial charge in [-0.3, -0.25) is 0 Å². The molecule has 2 aromatic rings. The topological polar surface area (TPSA) is 70.3 Å². The Balaban J connectivity index is 2.27. The molecule has 0 aliphatic heterocycles. The number of hydrogen-bond acceptors (Lipinski definition) is 3. The Morgan fingerprint density at radius 3 is 2.55 bits per heavy atom. The van der Waals surface area contributed by atoms with E-state index in [4.69, 9.17) is 15.1 Å². The quantitative estimate of drug-likeness (QED) is 0.919. The Bertz CT molecular complexity index is 669. The lowest BCUT2D eigenvalue weighted by molar-refractivity contribution is 0.0694. The van der Waals surface area contributed by atoms with Crippen molar-refractivity contribution in [1.82, 2.24) is 0 Å². The van der Waals surface area contributed by atoms with Crippen LogP contribution < -0.4 is 4.74 Å². The van der Waals surface area contributed by atoms with Gasteiger partial charge < -0.3 is 9.84 Å². The fourth-order valence-electron chi connectivity index (χ4n) is 1.78. The lowest BCUT2D eigenvalue weighted by atomic mass is 10.1. The first-order chi connectivity index (χ1) is 9.60. The molecule has 0 aliphatic carbocycles. The van der Waals surface area contributed by atoms with E-state index in [-0.39, 0.29) is 5.56 Å². The van der Waals surface area contributed by atoms with Crippen LogP contribution in [0.15, 0.2) is 42.5 Å². The summed E-state index contributed by atoms with van der Waals surface area (Å²) in [5.41, 5.74) is 1.94. The lowest BCUT2D eigenvalue weighted by Crippen LogP contribution is -2.00. The van der Waals surface area contributed by atoms with Gasteiger partial charge in [-0.2, -0.15) is 5.26 Å². The van der Waals surface area contributed by atoms with Gasteiger partial charge in [0.15, 0.2) is 0 Å². The maximum absolute atomic E-state index is 11.1. The van der Waals surface area contributed by atoms with Crippen molar-refractivity contribution in [3.05, 3.63) is 59.2 Å². The number of carboxylic acids is 1. The number of nitrogens with zero attached hydrogens (tertiary/aromatic N) is 1. The van der Waals surface area contributed by atoms with Gasteiger partial charge in [-0.15, -0.1) is 0 Å². The zero-order valence-electron chi connectivity index (χ0n) is 11.0. The van der Waals surface area contributed by atoms with E-state index in [0.29, 0.717) is 17.9 Å². The SMILES string of the molecule is Cc1ccc(C(=O)O)c(Oc2ccc(CC#N)cc2)c1. The minimum Gasteiger partial charge on any atom is -0.478 e. The summed E-state index contributed by atoms with van der Waals surface area (Å²) >= 11 is 0. The Labute approximate surface area is 116 Å². The van der Waals surface area contributed by atoms with Crippen molar-refractivity contribution < 1.29 is 14.6 Å². The molecule has 0 radical (unpaired) electrons. The fraction of sp³-hybridized carbons (Fsp3) is 0.125. The third-order valence-electron chi connectivity index (χ3n) is 2.80. The van der Waals surface area contributed by atoms with E-state index >= 15 is 0 Å². The van der Waals surface area contributed by atoms with Crippen molar-refractivity contribution in [2.45, 2.75) is 13.3 Å². The monoisotopic (exact) mass is 267 g/mol. The molecule has 4 nitrogen and oxygen atoms in total. The zero-order valence-corrected chi connectivity index (χ0v) is 11.0. The first kappa shape index (κ1) is 13.6. The molecule has 0 amide bonds. The summed E-state index contributed by atoms with van der Waals surface area (Å²) in [6.45, 7) is 1.87. The van der Waals surface area contributed by atoms with Gasteiger partial charge in [0.25, 0.3) is 0 Å². The van der Waals surface area contributed by atoms with Gasteiger partial charge >= 0.3 is 5.97 Å². The number of aryl methyl sites for hydroxylation is 1. The molecule has 0 saturated carbocycles. The molecule has 0 saturated heterocycles. The van der Waals surface area contributed by atoms with Crippen molar-refractivity contribution >= 4 is 5.97 Å². The highest BCUT2D eigenvalue weighted by Crippen LogP contribution is 2.27. The molecule has 0 fully saturated rings. The van der Waals surface area contributed by atoms with Gasteiger partial charge in [0, 0.05) is 0 Å². The first-order valence-corrected chi connectivity index (χ1v) is 6.08.